The van der Waals surface area contributed by atoms with Crippen molar-refractivity contribution in [2.45, 2.75) is 31.8 Å². The molecule has 0 unspecified atom stereocenters. The zero-order valence-electron chi connectivity index (χ0n) is 18.5. The molecule has 1 amide bonds. The van der Waals surface area contributed by atoms with Crippen molar-refractivity contribution < 1.29 is 37.4 Å². The van der Waals surface area contributed by atoms with Crippen LogP contribution >= 0.6 is 0 Å². The molecule has 1 aliphatic rings. The number of rotatable bonds is 8. The molecule has 1 fully saturated rings. The van der Waals surface area contributed by atoms with Gasteiger partial charge in [-0.05, 0) is 43.9 Å². The highest BCUT2D eigenvalue weighted by Crippen LogP contribution is 2.30. The number of anilines is 3. The summed E-state index contributed by atoms with van der Waals surface area (Å²) in [4.78, 5) is 27.9. The van der Waals surface area contributed by atoms with Gasteiger partial charge in [0.2, 0.25) is 11.8 Å². The number of benzene rings is 1. The number of nitrogens with one attached hydrogen (secondary N) is 2. The van der Waals surface area contributed by atoms with E-state index in [2.05, 4.69) is 25.8 Å². The first kappa shape index (κ1) is 23.9. The fraction of sp³-hybridized carbons (Fsp3) is 0.318. The molecular weight excluding hydrogens is 468 g/mol. The molecule has 0 aliphatic heterocycles. The Kier molecular flexibility index (Phi) is 7.03. The second-order valence-corrected chi connectivity index (χ2v) is 7.76. The van der Waals surface area contributed by atoms with Gasteiger partial charge in [-0.25, -0.2) is 8.78 Å². The van der Waals surface area contributed by atoms with Gasteiger partial charge in [-0.2, -0.15) is 4.98 Å². The number of carboxylic acid groups (broad SMARTS) is 1. The summed E-state index contributed by atoms with van der Waals surface area (Å²) in [6.45, 7) is 0. The standard InChI is InChI=1S/C22H21F2N5O6/c1-33-19-16(8-9-17(27-19)34-13-5-2-11(3-6-13)21(31)32)26-18(30)20-28-29-22(35-20)25-12-4-7-14(23)15(24)10-12/h4,7-11,13H,2-3,5-6H2,1H3,(H,25,29)(H,26,30)(H,31,32). The fourth-order valence-electron chi connectivity index (χ4n) is 3.58. The minimum absolute atomic E-state index is 0.0784. The maximum atomic E-state index is 13.3. The highest BCUT2D eigenvalue weighted by molar-refractivity contribution is 6.01. The summed E-state index contributed by atoms with van der Waals surface area (Å²) in [6.07, 6.45) is 2.09. The minimum Gasteiger partial charge on any atom is -0.481 e. The fourth-order valence-corrected chi connectivity index (χ4v) is 3.58. The quantitative estimate of drug-likeness (QED) is 0.427. The van der Waals surface area contributed by atoms with Gasteiger partial charge in [0, 0.05) is 17.8 Å². The number of carbonyl (C=O) groups is 2. The van der Waals surface area contributed by atoms with Crippen LogP contribution < -0.4 is 20.1 Å². The van der Waals surface area contributed by atoms with Gasteiger partial charge in [0.15, 0.2) is 11.6 Å². The Hall–Kier alpha value is -4.29. The third kappa shape index (κ3) is 5.80. The summed E-state index contributed by atoms with van der Waals surface area (Å²) < 4.78 is 42.7. The van der Waals surface area contributed by atoms with E-state index in [4.69, 9.17) is 19.0 Å². The van der Waals surface area contributed by atoms with Gasteiger partial charge in [-0.3, -0.25) is 9.59 Å². The van der Waals surface area contributed by atoms with E-state index in [0.29, 0.717) is 25.7 Å². The summed E-state index contributed by atoms with van der Waals surface area (Å²) in [5.41, 5.74) is 0.366. The maximum Gasteiger partial charge on any atom is 0.320 e. The van der Waals surface area contributed by atoms with Crippen LogP contribution in [-0.4, -0.2) is 45.4 Å². The molecule has 0 atom stereocenters. The number of hydrogen-bond acceptors (Lipinski definition) is 9. The third-order valence-electron chi connectivity index (χ3n) is 5.38. The average molecular weight is 489 g/mol. The number of halogens is 2. The topological polar surface area (TPSA) is 149 Å². The molecule has 0 saturated heterocycles. The SMILES string of the molecule is COc1nc(OC2CCC(C(=O)O)CC2)ccc1NC(=O)c1nnc(Nc2ccc(F)c(F)c2)o1. The Labute approximate surface area is 197 Å². The number of nitrogens with zero attached hydrogens (tertiary/aromatic N) is 3. The van der Waals surface area contributed by atoms with Crippen LogP contribution in [0.3, 0.4) is 0 Å². The van der Waals surface area contributed by atoms with E-state index >= 15 is 0 Å². The number of carbonyl (C=O) groups excluding carboxylic acids is 1. The highest BCUT2D eigenvalue weighted by Gasteiger charge is 2.27. The number of carboxylic acids is 1. The summed E-state index contributed by atoms with van der Waals surface area (Å²) in [7, 11) is 1.37. The Morgan fingerprint density at radius 1 is 1.09 bits per heavy atom. The summed E-state index contributed by atoms with van der Waals surface area (Å²) in [5, 5.41) is 21.5. The van der Waals surface area contributed by atoms with Crippen LogP contribution in [0.1, 0.15) is 36.4 Å². The molecule has 4 rings (SSSR count). The van der Waals surface area contributed by atoms with Gasteiger partial charge in [0.1, 0.15) is 11.8 Å². The predicted octanol–water partition coefficient (Wildman–Crippen LogP) is 3.77. The van der Waals surface area contributed by atoms with Crippen molar-refractivity contribution in [3.63, 3.8) is 0 Å². The van der Waals surface area contributed by atoms with Crippen molar-refractivity contribution in [2.24, 2.45) is 5.92 Å². The van der Waals surface area contributed by atoms with Crippen LogP contribution in [-0.2, 0) is 4.79 Å². The summed E-state index contributed by atoms with van der Waals surface area (Å²) in [5.74, 6) is -4.02. The third-order valence-corrected chi connectivity index (χ3v) is 5.38. The lowest BCUT2D eigenvalue weighted by Crippen LogP contribution is -2.28. The average Bonchev–Trinajstić information content (AvgIpc) is 3.31. The van der Waals surface area contributed by atoms with Crippen LogP contribution in [0.4, 0.5) is 26.2 Å². The number of ether oxygens (including phenoxy) is 2. The van der Waals surface area contributed by atoms with Crippen LogP contribution in [0, 0.1) is 17.6 Å². The lowest BCUT2D eigenvalue weighted by Gasteiger charge is -2.26. The molecule has 1 aromatic carbocycles. The number of methoxy groups -OCH3 is 1. The van der Waals surface area contributed by atoms with E-state index in [-0.39, 0.29) is 41.2 Å². The number of amides is 1. The van der Waals surface area contributed by atoms with E-state index in [0.717, 1.165) is 12.1 Å². The zero-order chi connectivity index (χ0) is 24.9. The molecule has 184 valence electrons. The normalized spacial score (nSPS) is 17.5. The van der Waals surface area contributed by atoms with Crippen LogP contribution in [0.15, 0.2) is 34.7 Å². The molecule has 3 aromatic rings. The molecule has 11 nitrogen and oxygen atoms in total. The van der Waals surface area contributed by atoms with Gasteiger partial charge >= 0.3 is 23.8 Å². The number of hydrogen-bond donors (Lipinski definition) is 3. The number of aliphatic carboxylic acids is 1. The molecule has 1 saturated carbocycles. The van der Waals surface area contributed by atoms with Crippen molar-refractivity contribution in [1.82, 2.24) is 15.2 Å². The largest absolute Gasteiger partial charge is 0.481 e. The lowest BCUT2D eigenvalue weighted by atomic mass is 9.87. The van der Waals surface area contributed by atoms with Crippen LogP contribution in [0.25, 0.3) is 0 Å². The first-order chi connectivity index (χ1) is 16.8. The van der Waals surface area contributed by atoms with Crippen molar-refractivity contribution in [3.05, 3.63) is 47.9 Å². The highest BCUT2D eigenvalue weighted by atomic mass is 19.2. The van der Waals surface area contributed by atoms with E-state index in [9.17, 15) is 18.4 Å². The van der Waals surface area contributed by atoms with E-state index in [1.807, 2.05) is 0 Å². The molecule has 0 spiro atoms. The Morgan fingerprint density at radius 3 is 2.54 bits per heavy atom. The molecule has 1 aliphatic carbocycles. The van der Waals surface area contributed by atoms with Gasteiger partial charge in [0.05, 0.1) is 13.0 Å². The van der Waals surface area contributed by atoms with Crippen LogP contribution in [0.5, 0.6) is 11.8 Å². The summed E-state index contributed by atoms with van der Waals surface area (Å²) >= 11 is 0. The van der Waals surface area contributed by atoms with Gasteiger partial charge < -0.3 is 29.6 Å². The van der Waals surface area contributed by atoms with Crippen molar-refractivity contribution in [3.8, 4) is 11.8 Å². The minimum atomic E-state index is -1.06. The van der Waals surface area contributed by atoms with Gasteiger partial charge in [-0.15, -0.1) is 5.10 Å². The second-order valence-electron chi connectivity index (χ2n) is 7.76. The van der Waals surface area contributed by atoms with E-state index in [1.54, 1.807) is 6.07 Å². The molecule has 2 heterocycles. The van der Waals surface area contributed by atoms with E-state index in [1.165, 1.54) is 19.2 Å². The lowest BCUT2D eigenvalue weighted by molar-refractivity contribution is -0.143. The summed E-state index contributed by atoms with van der Waals surface area (Å²) in [6, 6.07) is 5.96. The Bertz CT molecular complexity index is 1230. The Balaban J connectivity index is 1.37. The monoisotopic (exact) mass is 489 g/mol. The van der Waals surface area contributed by atoms with Gasteiger partial charge in [-0.1, -0.05) is 5.10 Å². The molecule has 0 radical (unpaired) electrons. The molecule has 35 heavy (non-hydrogen) atoms. The number of aromatic nitrogens is 3. The molecule has 13 heteroatoms. The zero-order valence-corrected chi connectivity index (χ0v) is 18.5. The Morgan fingerprint density at radius 2 is 1.86 bits per heavy atom. The predicted molar refractivity (Wildman–Crippen MR) is 117 cm³/mol. The first-order valence-electron chi connectivity index (χ1n) is 10.6. The maximum absolute atomic E-state index is 13.3. The number of pyridine rings is 1. The van der Waals surface area contributed by atoms with Crippen LogP contribution in [0.2, 0.25) is 0 Å². The van der Waals surface area contributed by atoms with Crippen molar-refractivity contribution >= 4 is 29.3 Å². The first-order valence-corrected chi connectivity index (χ1v) is 10.6. The molecule has 2 aromatic heterocycles. The van der Waals surface area contributed by atoms with Crippen molar-refractivity contribution in [1.29, 1.82) is 0 Å². The van der Waals surface area contributed by atoms with Gasteiger partial charge in [0.25, 0.3) is 0 Å². The van der Waals surface area contributed by atoms with E-state index < -0.39 is 29.4 Å². The second kappa shape index (κ2) is 10.3. The smallest absolute Gasteiger partial charge is 0.320 e. The molecule has 0 bridgehead atoms. The molecule has 3 N–H and O–H groups in total. The molecular formula is C22H21F2N5O6. The van der Waals surface area contributed by atoms with Crippen molar-refractivity contribution in [2.75, 3.05) is 17.7 Å².